The summed E-state index contributed by atoms with van der Waals surface area (Å²) in [5, 5.41) is 5.08. The van der Waals surface area contributed by atoms with Gasteiger partial charge in [0.25, 0.3) is 5.56 Å². The molecule has 0 saturated carbocycles. The SMILES string of the molecule is O=C(Cn1cnc2c(cnn2-c2ccccc2Cl)c1=O)N1CCOCC1. The van der Waals surface area contributed by atoms with Crippen LogP contribution in [0.5, 0.6) is 0 Å². The lowest BCUT2D eigenvalue weighted by molar-refractivity contribution is -0.135. The molecule has 0 aliphatic carbocycles. The maximum Gasteiger partial charge on any atom is 0.264 e. The highest BCUT2D eigenvalue weighted by molar-refractivity contribution is 6.32. The van der Waals surface area contributed by atoms with Gasteiger partial charge in [-0.2, -0.15) is 5.10 Å². The number of nitrogens with zero attached hydrogens (tertiary/aromatic N) is 5. The molecule has 0 spiro atoms. The number of aromatic nitrogens is 4. The molecule has 0 radical (unpaired) electrons. The number of carbonyl (C=O) groups excluding carboxylic acids is 1. The summed E-state index contributed by atoms with van der Waals surface area (Å²) in [5.41, 5.74) is 0.728. The van der Waals surface area contributed by atoms with E-state index in [0.717, 1.165) is 0 Å². The van der Waals surface area contributed by atoms with Gasteiger partial charge < -0.3 is 9.64 Å². The summed E-state index contributed by atoms with van der Waals surface area (Å²) in [6.45, 7) is 2.05. The van der Waals surface area contributed by atoms with Crippen LogP contribution in [0.1, 0.15) is 0 Å². The van der Waals surface area contributed by atoms with Crippen LogP contribution in [0.25, 0.3) is 16.7 Å². The van der Waals surface area contributed by atoms with Gasteiger partial charge in [-0.3, -0.25) is 14.2 Å². The minimum atomic E-state index is -0.310. The number of ether oxygens (including phenoxy) is 1. The van der Waals surface area contributed by atoms with E-state index in [1.165, 1.54) is 21.8 Å². The Morgan fingerprint density at radius 2 is 2.00 bits per heavy atom. The summed E-state index contributed by atoms with van der Waals surface area (Å²) < 4.78 is 8.06. The maximum atomic E-state index is 12.7. The number of morpholine rings is 1. The number of benzene rings is 1. The summed E-state index contributed by atoms with van der Waals surface area (Å²) in [4.78, 5) is 31.1. The first-order chi connectivity index (χ1) is 12.6. The van der Waals surface area contributed by atoms with Crippen molar-refractivity contribution in [1.82, 2.24) is 24.2 Å². The number of rotatable bonds is 3. The van der Waals surface area contributed by atoms with Gasteiger partial charge in [0.2, 0.25) is 5.91 Å². The molecule has 1 saturated heterocycles. The van der Waals surface area contributed by atoms with E-state index in [4.69, 9.17) is 16.3 Å². The van der Waals surface area contributed by atoms with E-state index in [1.807, 2.05) is 12.1 Å². The zero-order valence-electron chi connectivity index (χ0n) is 13.8. The standard InChI is InChI=1S/C17H16ClN5O3/c18-13-3-1-2-4-14(13)23-16-12(9-20-23)17(25)22(11-19-16)10-15(24)21-5-7-26-8-6-21/h1-4,9,11H,5-8,10H2. The lowest BCUT2D eigenvalue weighted by Crippen LogP contribution is -2.43. The van der Waals surface area contributed by atoms with Crippen molar-refractivity contribution in [3.63, 3.8) is 0 Å². The summed E-state index contributed by atoms with van der Waals surface area (Å²) in [5.74, 6) is -0.130. The number of hydrogen-bond acceptors (Lipinski definition) is 5. The normalized spacial score (nSPS) is 14.7. The van der Waals surface area contributed by atoms with Gasteiger partial charge in [-0.25, -0.2) is 9.67 Å². The molecule has 0 unspecified atom stereocenters. The average Bonchev–Trinajstić information content (AvgIpc) is 3.10. The topological polar surface area (TPSA) is 82.2 Å². The highest BCUT2D eigenvalue weighted by atomic mass is 35.5. The number of hydrogen-bond donors (Lipinski definition) is 0. The average molecular weight is 374 g/mol. The maximum absolute atomic E-state index is 12.7. The van der Waals surface area contributed by atoms with Gasteiger partial charge in [-0.15, -0.1) is 0 Å². The fourth-order valence-electron chi connectivity index (χ4n) is 2.92. The number of carbonyl (C=O) groups is 1. The predicted molar refractivity (Wildman–Crippen MR) is 95.5 cm³/mol. The monoisotopic (exact) mass is 373 g/mol. The second-order valence-electron chi connectivity index (χ2n) is 5.92. The van der Waals surface area contributed by atoms with Crippen LogP contribution in [-0.2, 0) is 16.1 Å². The Morgan fingerprint density at radius 1 is 1.23 bits per heavy atom. The molecule has 1 amide bonds. The van der Waals surface area contributed by atoms with Crippen molar-refractivity contribution in [2.24, 2.45) is 0 Å². The summed E-state index contributed by atoms with van der Waals surface area (Å²) in [7, 11) is 0. The van der Waals surface area contributed by atoms with Crippen LogP contribution in [0.15, 0.2) is 41.6 Å². The zero-order chi connectivity index (χ0) is 18.1. The van der Waals surface area contributed by atoms with E-state index in [0.29, 0.717) is 48.0 Å². The van der Waals surface area contributed by atoms with E-state index < -0.39 is 0 Å². The number of para-hydroxylation sites is 1. The fourth-order valence-corrected chi connectivity index (χ4v) is 3.14. The third-order valence-corrected chi connectivity index (χ3v) is 4.62. The quantitative estimate of drug-likeness (QED) is 0.686. The number of amides is 1. The summed E-state index contributed by atoms with van der Waals surface area (Å²) in [6.07, 6.45) is 2.82. The molecule has 26 heavy (non-hydrogen) atoms. The third-order valence-electron chi connectivity index (χ3n) is 4.30. The van der Waals surface area contributed by atoms with Crippen LogP contribution in [0.2, 0.25) is 5.02 Å². The Labute approximate surface area is 153 Å². The molecule has 1 fully saturated rings. The molecule has 0 bridgehead atoms. The Balaban J connectivity index is 1.67. The molecule has 0 N–H and O–H groups in total. The molecular formula is C17H16ClN5O3. The van der Waals surface area contributed by atoms with Crippen molar-refractivity contribution in [2.45, 2.75) is 6.54 Å². The molecule has 1 aliphatic heterocycles. The van der Waals surface area contributed by atoms with E-state index in [1.54, 1.807) is 17.0 Å². The van der Waals surface area contributed by atoms with Gasteiger partial charge in [0.15, 0.2) is 5.65 Å². The smallest absolute Gasteiger partial charge is 0.264 e. The predicted octanol–water partition coefficient (Wildman–Crippen LogP) is 1.09. The Kier molecular flexibility index (Phi) is 4.44. The van der Waals surface area contributed by atoms with E-state index in [9.17, 15) is 9.59 Å². The van der Waals surface area contributed by atoms with Crippen LogP contribution in [0.4, 0.5) is 0 Å². The highest BCUT2D eigenvalue weighted by Crippen LogP contribution is 2.21. The molecule has 3 aromatic rings. The van der Waals surface area contributed by atoms with Gasteiger partial charge in [0.1, 0.15) is 18.3 Å². The summed E-state index contributed by atoms with van der Waals surface area (Å²) in [6, 6.07) is 7.18. The first-order valence-corrected chi connectivity index (χ1v) is 8.56. The van der Waals surface area contributed by atoms with E-state index in [2.05, 4.69) is 10.1 Å². The van der Waals surface area contributed by atoms with Crippen LogP contribution in [0, 0.1) is 0 Å². The minimum absolute atomic E-state index is 0.0565. The van der Waals surface area contributed by atoms with Crippen LogP contribution < -0.4 is 5.56 Å². The Morgan fingerprint density at radius 3 is 2.77 bits per heavy atom. The molecule has 9 heteroatoms. The van der Waals surface area contributed by atoms with Gasteiger partial charge in [-0.1, -0.05) is 23.7 Å². The van der Waals surface area contributed by atoms with Crippen molar-refractivity contribution in [3.8, 4) is 5.69 Å². The number of halogens is 1. The Hall–Kier alpha value is -2.71. The molecular weight excluding hydrogens is 358 g/mol. The Bertz CT molecular complexity index is 1020. The van der Waals surface area contributed by atoms with Crippen LogP contribution in [0.3, 0.4) is 0 Å². The molecule has 1 aromatic carbocycles. The first kappa shape index (κ1) is 16.7. The molecule has 2 aromatic heterocycles. The molecule has 134 valence electrons. The van der Waals surface area contributed by atoms with Gasteiger partial charge in [0.05, 0.1) is 30.1 Å². The fraction of sp³-hybridized carbons (Fsp3) is 0.294. The zero-order valence-corrected chi connectivity index (χ0v) is 14.6. The van der Waals surface area contributed by atoms with Gasteiger partial charge >= 0.3 is 0 Å². The molecule has 3 heterocycles. The second-order valence-corrected chi connectivity index (χ2v) is 6.32. The third kappa shape index (κ3) is 2.97. The van der Waals surface area contributed by atoms with Gasteiger partial charge in [0, 0.05) is 13.1 Å². The van der Waals surface area contributed by atoms with E-state index >= 15 is 0 Å². The van der Waals surface area contributed by atoms with Crippen molar-refractivity contribution in [2.75, 3.05) is 26.3 Å². The van der Waals surface area contributed by atoms with Gasteiger partial charge in [-0.05, 0) is 12.1 Å². The lowest BCUT2D eigenvalue weighted by Gasteiger charge is -2.26. The first-order valence-electron chi connectivity index (χ1n) is 8.19. The largest absolute Gasteiger partial charge is 0.378 e. The lowest BCUT2D eigenvalue weighted by atomic mass is 10.3. The van der Waals surface area contributed by atoms with E-state index in [-0.39, 0.29) is 18.0 Å². The minimum Gasteiger partial charge on any atom is -0.378 e. The molecule has 4 rings (SSSR count). The molecule has 0 atom stereocenters. The molecule has 8 nitrogen and oxygen atoms in total. The van der Waals surface area contributed by atoms with Crippen molar-refractivity contribution < 1.29 is 9.53 Å². The van der Waals surface area contributed by atoms with Crippen LogP contribution in [-0.4, -0.2) is 56.4 Å². The summed E-state index contributed by atoms with van der Waals surface area (Å²) >= 11 is 6.21. The highest BCUT2D eigenvalue weighted by Gasteiger charge is 2.19. The number of fused-ring (bicyclic) bond motifs is 1. The second kappa shape index (κ2) is 6.89. The van der Waals surface area contributed by atoms with Crippen molar-refractivity contribution >= 4 is 28.5 Å². The van der Waals surface area contributed by atoms with Crippen molar-refractivity contribution in [3.05, 3.63) is 52.2 Å². The van der Waals surface area contributed by atoms with Crippen molar-refractivity contribution in [1.29, 1.82) is 0 Å². The van der Waals surface area contributed by atoms with Crippen LogP contribution >= 0.6 is 11.6 Å². The molecule has 1 aliphatic rings.